The monoisotopic (exact) mass is 466 g/mol. The lowest BCUT2D eigenvalue weighted by molar-refractivity contribution is -0.135. The number of ether oxygens (including phenoxy) is 1. The Labute approximate surface area is 191 Å². The smallest absolute Gasteiger partial charge is 0.345 e. The van der Waals surface area contributed by atoms with Crippen LogP contribution in [0.1, 0.15) is 13.8 Å². The van der Waals surface area contributed by atoms with E-state index in [4.69, 9.17) is 4.74 Å². The molecule has 3 aromatic rings. The van der Waals surface area contributed by atoms with E-state index in [9.17, 15) is 4.79 Å². The molecular formula is C24H18O2S4. The molecule has 0 aliphatic carbocycles. The first-order valence-electron chi connectivity index (χ1n) is 9.42. The number of methoxy groups -OCH3 is 1. The number of carbonyl (C=O) groups excluding carboxylic acids is 1. The number of rotatable bonds is 1. The van der Waals surface area contributed by atoms with Gasteiger partial charge in [0.1, 0.15) is 4.91 Å². The topological polar surface area (TPSA) is 26.3 Å². The average molecular weight is 467 g/mol. The quantitative estimate of drug-likeness (QED) is 0.306. The highest BCUT2D eigenvalue weighted by Gasteiger charge is 2.23. The molecule has 0 amide bonds. The van der Waals surface area contributed by atoms with Gasteiger partial charge in [0.05, 0.1) is 15.6 Å². The van der Waals surface area contributed by atoms with E-state index in [0.717, 1.165) is 4.24 Å². The summed E-state index contributed by atoms with van der Waals surface area (Å²) < 4.78 is 7.40. The van der Waals surface area contributed by atoms with E-state index in [0.29, 0.717) is 4.91 Å². The zero-order chi connectivity index (χ0) is 20.8. The van der Waals surface area contributed by atoms with E-state index >= 15 is 0 Å². The summed E-state index contributed by atoms with van der Waals surface area (Å²) in [5.74, 6) is -0.279. The Morgan fingerprint density at radius 1 is 0.733 bits per heavy atom. The largest absolute Gasteiger partial charge is 0.465 e. The van der Waals surface area contributed by atoms with Crippen molar-refractivity contribution < 1.29 is 9.53 Å². The van der Waals surface area contributed by atoms with Crippen molar-refractivity contribution in [3.63, 3.8) is 0 Å². The van der Waals surface area contributed by atoms with Crippen LogP contribution in [-0.2, 0) is 9.53 Å². The molecule has 0 spiro atoms. The summed E-state index contributed by atoms with van der Waals surface area (Å²) in [6.07, 6.45) is 0. The lowest BCUT2D eigenvalue weighted by Gasteiger charge is -2.11. The highest BCUT2D eigenvalue weighted by atomic mass is 32.2. The van der Waals surface area contributed by atoms with E-state index < -0.39 is 0 Å². The summed E-state index contributed by atoms with van der Waals surface area (Å²) in [5.41, 5.74) is 0. The predicted molar refractivity (Wildman–Crippen MR) is 136 cm³/mol. The lowest BCUT2D eigenvalue weighted by Crippen LogP contribution is -2.16. The highest BCUT2D eigenvalue weighted by Crippen LogP contribution is 2.50. The van der Waals surface area contributed by atoms with Gasteiger partial charge in [-0.15, -0.1) is 0 Å². The van der Waals surface area contributed by atoms with Crippen molar-refractivity contribution >= 4 is 83.0 Å². The summed E-state index contributed by atoms with van der Waals surface area (Å²) in [7, 11) is 1.43. The number of allylic oxidation sites excluding steroid dienone is 2. The molecule has 0 aromatic heterocycles. The maximum absolute atomic E-state index is 12.1. The minimum Gasteiger partial charge on any atom is -0.465 e. The summed E-state index contributed by atoms with van der Waals surface area (Å²) in [6.45, 7) is 4.39. The minimum absolute atomic E-state index is 0.279. The van der Waals surface area contributed by atoms with Gasteiger partial charge in [-0.1, -0.05) is 95.6 Å². The first kappa shape index (κ1) is 20.2. The van der Waals surface area contributed by atoms with Crippen molar-refractivity contribution in [3.05, 3.63) is 79.1 Å². The van der Waals surface area contributed by atoms with Gasteiger partial charge in [-0.05, 0) is 50.6 Å². The van der Waals surface area contributed by atoms with Crippen LogP contribution in [0, 0.1) is 0 Å². The molecule has 2 nitrogen and oxygen atoms in total. The van der Waals surface area contributed by atoms with E-state index in [1.807, 2.05) is 28.9 Å². The maximum Gasteiger partial charge on any atom is 0.345 e. The lowest BCUT2D eigenvalue weighted by atomic mass is 9.99. The zero-order valence-corrected chi connectivity index (χ0v) is 19.9. The molecule has 0 radical (unpaired) electrons. The molecule has 3 aromatic carbocycles. The first-order valence-corrected chi connectivity index (χ1v) is 12.8. The van der Waals surface area contributed by atoms with E-state index in [-0.39, 0.29) is 5.97 Å². The number of benzene rings is 3. The van der Waals surface area contributed by atoms with Gasteiger partial charge in [0.2, 0.25) is 0 Å². The third-order valence-electron chi connectivity index (χ3n) is 5.19. The number of thioether (sulfide) groups is 4. The zero-order valence-electron chi connectivity index (χ0n) is 16.6. The van der Waals surface area contributed by atoms with Crippen LogP contribution in [0.5, 0.6) is 0 Å². The van der Waals surface area contributed by atoms with Crippen molar-refractivity contribution in [1.82, 2.24) is 0 Å². The third kappa shape index (κ3) is 3.30. The standard InChI is InChI=1S/C24H18O2S4/c1-13-14(2)29-24(28-13)21-17-10-6-4-8-15(17)20(16-9-5-7-11-18(16)21)23-27-12-19(30-23)22(25)26-3/h4-12H,1-3H3. The fourth-order valence-corrected chi connectivity index (χ4v) is 8.60. The van der Waals surface area contributed by atoms with Gasteiger partial charge in [-0.2, -0.15) is 0 Å². The summed E-state index contributed by atoms with van der Waals surface area (Å²) in [5, 5.41) is 9.36. The van der Waals surface area contributed by atoms with Crippen molar-refractivity contribution in [1.29, 1.82) is 0 Å². The molecule has 0 atom stereocenters. The highest BCUT2D eigenvalue weighted by molar-refractivity contribution is 8.36. The SMILES string of the molecule is COC(=O)C1=CSC(=c2c3ccccc3c(=C3SC(C)=C(C)S3)c3ccccc23)S1. The Balaban J connectivity index is 1.90. The molecule has 0 saturated carbocycles. The second-order valence-electron chi connectivity index (χ2n) is 6.93. The van der Waals surface area contributed by atoms with Gasteiger partial charge in [0.25, 0.3) is 0 Å². The number of hydrogen-bond donors (Lipinski definition) is 0. The molecule has 2 heterocycles. The van der Waals surface area contributed by atoms with Gasteiger partial charge in [0.15, 0.2) is 0 Å². The van der Waals surface area contributed by atoms with Crippen molar-refractivity contribution in [3.8, 4) is 0 Å². The molecule has 0 bridgehead atoms. The van der Waals surface area contributed by atoms with E-state index in [1.165, 1.54) is 64.9 Å². The second kappa shape index (κ2) is 8.08. The van der Waals surface area contributed by atoms with Crippen LogP contribution in [0.3, 0.4) is 0 Å². The summed E-state index contributed by atoms with van der Waals surface area (Å²) >= 11 is 6.86. The van der Waals surface area contributed by atoms with Gasteiger partial charge in [0, 0.05) is 10.4 Å². The molecule has 0 unspecified atom stereocenters. The fourth-order valence-electron chi connectivity index (χ4n) is 3.67. The van der Waals surface area contributed by atoms with Crippen LogP contribution in [-0.4, -0.2) is 13.1 Å². The van der Waals surface area contributed by atoms with Gasteiger partial charge in [-0.25, -0.2) is 4.79 Å². The van der Waals surface area contributed by atoms with Crippen molar-refractivity contribution in [2.45, 2.75) is 13.8 Å². The molecule has 2 aliphatic rings. The number of hydrogen-bond acceptors (Lipinski definition) is 6. The van der Waals surface area contributed by atoms with E-state index in [1.54, 1.807) is 11.8 Å². The average Bonchev–Trinajstić information content (AvgIpc) is 3.38. The van der Waals surface area contributed by atoms with Gasteiger partial charge >= 0.3 is 5.97 Å². The van der Waals surface area contributed by atoms with Crippen LogP contribution < -0.4 is 10.4 Å². The molecular weight excluding hydrogens is 449 g/mol. The Kier molecular flexibility index (Phi) is 5.44. The molecule has 0 N–H and O–H groups in total. The second-order valence-corrected chi connectivity index (χ2v) is 11.8. The molecule has 6 heteroatoms. The van der Waals surface area contributed by atoms with Crippen LogP contribution in [0.25, 0.3) is 30.0 Å². The molecule has 0 saturated heterocycles. The number of carbonyl (C=O) groups is 1. The van der Waals surface area contributed by atoms with E-state index in [2.05, 4.69) is 62.4 Å². The molecule has 30 heavy (non-hydrogen) atoms. The Morgan fingerprint density at radius 2 is 1.20 bits per heavy atom. The Hall–Kier alpha value is -1.73. The fraction of sp³-hybridized carbons (Fsp3) is 0.125. The summed E-state index contributed by atoms with van der Waals surface area (Å²) in [4.78, 5) is 15.4. The normalized spacial score (nSPS) is 16.7. The maximum atomic E-state index is 12.1. The van der Waals surface area contributed by atoms with Crippen LogP contribution in [0.4, 0.5) is 0 Å². The molecule has 150 valence electrons. The van der Waals surface area contributed by atoms with Crippen LogP contribution in [0.15, 0.2) is 68.7 Å². The molecule has 2 aliphatic heterocycles. The number of esters is 1. The van der Waals surface area contributed by atoms with Crippen molar-refractivity contribution in [2.75, 3.05) is 7.11 Å². The summed E-state index contributed by atoms with van der Waals surface area (Å²) in [6, 6.07) is 17.2. The predicted octanol–water partition coefficient (Wildman–Crippen LogP) is 6.35. The first-order chi connectivity index (χ1) is 14.6. The van der Waals surface area contributed by atoms with Gasteiger partial charge in [-0.3, -0.25) is 0 Å². The molecule has 0 fully saturated rings. The van der Waals surface area contributed by atoms with Crippen LogP contribution in [0.2, 0.25) is 0 Å². The van der Waals surface area contributed by atoms with Crippen LogP contribution >= 0.6 is 47.0 Å². The third-order valence-corrected chi connectivity index (χ3v) is 10.2. The minimum atomic E-state index is -0.279. The molecule has 5 rings (SSSR count). The van der Waals surface area contributed by atoms with Crippen molar-refractivity contribution in [2.24, 2.45) is 0 Å². The Bertz CT molecular complexity index is 1340. The van der Waals surface area contributed by atoms with Gasteiger partial charge < -0.3 is 4.74 Å². The number of fused-ring (bicyclic) bond motifs is 2. The Morgan fingerprint density at radius 3 is 1.67 bits per heavy atom.